The molecule has 88 valence electrons. The number of hydrogen-bond donors (Lipinski definition) is 1. The Morgan fingerprint density at radius 1 is 1.50 bits per heavy atom. The molecule has 1 fully saturated rings. The van der Waals surface area contributed by atoms with Crippen molar-refractivity contribution >= 4 is 5.69 Å². The second-order valence-corrected chi connectivity index (χ2v) is 4.38. The fourth-order valence-electron chi connectivity index (χ4n) is 1.91. The summed E-state index contributed by atoms with van der Waals surface area (Å²) in [4.78, 5) is 0. The molecule has 16 heavy (non-hydrogen) atoms. The summed E-state index contributed by atoms with van der Waals surface area (Å²) in [6, 6.07) is 5.96. The van der Waals surface area contributed by atoms with Crippen molar-refractivity contribution in [2.75, 3.05) is 25.6 Å². The van der Waals surface area contributed by atoms with Crippen LogP contribution in [0.15, 0.2) is 18.2 Å². The van der Waals surface area contributed by atoms with Crippen LogP contribution in [0.4, 0.5) is 5.69 Å². The first-order chi connectivity index (χ1) is 7.77. The SMILES string of the molecule is Cc1c(N)cccc1COCC1CCOC1. The Kier molecular flexibility index (Phi) is 3.80. The van der Waals surface area contributed by atoms with E-state index in [1.54, 1.807) is 0 Å². The third-order valence-corrected chi connectivity index (χ3v) is 3.12. The number of benzene rings is 1. The highest BCUT2D eigenvalue weighted by molar-refractivity contribution is 5.49. The van der Waals surface area contributed by atoms with E-state index in [0.29, 0.717) is 12.5 Å². The number of nitrogens with two attached hydrogens (primary N) is 1. The molecule has 1 heterocycles. The molecule has 1 unspecified atom stereocenters. The highest BCUT2D eigenvalue weighted by atomic mass is 16.5. The van der Waals surface area contributed by atoms with Gasteiger partial charge in [-0.05, 0) is 30.5 Å². The Balaban J connectivity index is 1.82. The van der Waals surface area contributed by atoms with Crippen molar-refractivity contribution in [3.05, 3.63) is 29.3 Å². The van der Waals surface area contributed by atoms with E-state index < -0.39 is 0 Å². The fourth-order valence-corrected chi connectivity index (χ4v) is 1.91. The normalized spacial score (nSPS) is 20.2. The van der Waals surface area contributed by atoms with Gasteiger partial charge in [0.25, 0.3) is 0 Å². The van der Waals surface area contributed by atoms with Gasteiger partial charge in [0.05, 0.1) is 19.8 Å². The minimum absolute atomic E-state index is 0.571. The Morgan fingerprint density at radius 2 is 2.38 bits per heavy atom. The summed E-state index contributed by atoms with van der Waals surface area (Å²) in [5, 5.41) is 0. The molecule has 1 aromatic rings. The maximum absolute atomic E-state index is 5.84. The predicted molar refractivity (Wildman–Crippen MR) is 64.2 cm³/mol. The van der Waals surface area contributed by atoms with E-state index in [-0.39, 0.29) is 0 Å². The highest BCUT2D eigenvalue weighted by Gasteiger charge is 2.15. The Morgan fingerprint density at radius 3 is 3.12 bits per heavy atom. The smallest absolute Gasteiger partial charge is 0.0720 e. The van der Waals surface area contributed by atoms with Gasteiger partial charge >= 0.3 is 0 Å². The van der Waals surface area contributed by atoms with E-state index >= 15 is 0 Å². The molecule has 0 aliphatic carbocycles. The van der Waals surface area contributed by atoms with Gasteiger partial charge in [-0.15, -0.1) is 0 Å². The van der Waals surface area contributed by atoms with Crippen molar-refractivity contribution in [3.63, 3.8) is 0 Å². The number of nitrogen functional groups attached to an aromatic ring is 1. The topological polar surface area (TPSA) is 44.5 Å². The lowest BCUT2D eigenvalue weighted by molar-refractivity contribution is 0.0789. The minimum atomic E-state index is 0.571. The molecule has 0 bridgehead atoms. The largest absolute Gasteiger partial charge is 0.399 e. The predicted octanol–water partition coefficient (Wildman–Crippen LogP) is 2.13. The molecule has 0 saturated carbocycles. The van der Waals surface area contributed by atoms with Gasteiger partial charge in [0.15, 0.2) is 0 Å². The second kappa shape index (κ2) is 5.32. The van der Waals surface area contributed by atoms with E-state index in [2.05, 4.69) is 6.07 Å². The maximum Gasteiger partial charge on any atom is 0.0720 e. The minimum Gasteiger partial charge on any atom is -0.399 e. The summed E-state index contributed by atoms with van der Waals surface area (Å²) >= 11 is 0. The van der Waals surface area contributed by atoms with Gasteiger partial charge in [0.1, 0.15) is 0 Å². The van der Waals surface area contributed by atoms with Crippen molar-refractivity contribution < 1.29 is 9.47 Å². The molecular weight excluding hydrogens is 202 g/mol. The van der Waals surface area contributed by atoms with Gasteiger partial charge in [-0.25, -0.2) is 0 Å². The average Bonchev–Trinajstić information content (AvgIpc) is 2.77. The monoisotopic (exact) mass is 221 g/mol. The van der Waals surface area contributed by atoms with Crippen LogP contribution in [-0.4, -0.2) is 19.8 Å². The van der Waals surface area contributed by atoms with Gasteiger partial charge in [0, 0.05) is 18.2 Å². The van der Waals surface area contributed by atoms with Crippen LogP contribution in [-0.2, 0) is 16.1 Å². The molecule has 3 heteroatoms. The molecule has 2 N–H and O–H groups in total. The standard InChI is InChI=1S/C13H19NO2/c1-10-12(3-2-4-13(10)14)9-16-8-11-5-6-15-7-11/h2-4,11H,5-9,14H2,1H3. The maximum atomic E-state index is 5.84. The van der Waals surface area contributed by atoms with Crippen molar-refractivity contribution in [2.24, 2.45) is 5.92 Å². The zero-order chi connectivity index (χ0) is 11.4. The quantitative estimate of drug-likeness (QED) is 0.792. The van der Waals surface area contributed by atoms with Crippen LogP contribution in [0.2, 0.25) is 0 Å². The van der Waals surface area contributed by atoms with Gasteiger partial charge in [-0.1, -0.05) is 12.1 Å². The molecule has 1 atom stereocenters. The summed E-state index contributed by atoms with van der Waals surface area (Å²) in [7, 11) is 0. The molecule has 1 aliphatic rings. The van der Waals surface area contributed by atoms with Crippen LogP contribution in [0.25, 0.3) is 0 Å². The number of ether oxygens (including phenoxy) is 2. The van der Waals surface area contributed by atoms with Crippen molar-refractivity contribution in [1.29, 1.82) is 0 Å². The van der Waals surface area contributed by atoms with Crippen LogP contribution < -0.4 is 5.73 Å². The molecule has 1 aliphatic heterocycles. The molecule has 0 amide bonds. The molecular formula is C13H19NO2. The molecule has 3 nitrogen and oxygen atoms in total. The van der Waals surface area contributed by atoms with Crippen molar-refractivity contribution in [2.45, 2.75) is 20.0 Å². The van der Waals surface area contributed by atoms with E-state index in [1.807, 2.05) is 19.1 Å². The Hall–Kier alpha value is -1.06. The first-order valence-corrected chi connectivity index (χ1v) is 5.77. The van der Waals surface area contributed by atoms with E-state index in [4.69, 9.17) is 15.2 Å². The van der Waals surface area contributed by atoms with E-state index in [9.17, 15) is 0 Å². The van der Waals surface area contributed by atoms with E-state index in [1.165, 1.54) is 5.56 Å². The van der Waals surface area contributed by atoms with Crippen molar-refractivity contribution in [1.82, 2.24) is 0 Å². The number of anilines is 1. The Labute approximate surface area is 96.5 Å². The van der Waals surface area contributed by atoms with E-state index in [0.717, 1.165) is 37.5 Å². The van der Waals surface area contributed by atoms with Crippen LogP contribution >= 0.6 is 0 Å². The summed E-state index contributed by atoms with van der Waals surface area (Å²) in [6.07, 6.45) is 1.12. The lowest BCUT2D eigenvalue weighted by atomic mass is 10.1. The zero-order valence-electron chi connectivity index (χ0n) is 9.74. The van der Waals surface area contributed by atoms with Crippen LogP contribution in [0, 0.1) is 12.8 Å². The van der Waals surface area contributed by atoms with Gasteiger partial charge in [-0.3, -0.25) is 0 Å². The summed E-state index contributed by atoms with van der Waals surface area (Å²) < 4.78 is 11.0. The average molecular weight is 221 g/mol. The summed E-state index contributed by atoms with van der Waals surface area (Å²) in [6.45, 7) is 5.19. The summed E-state index contributed by atoms with van der Waals surface area (Å²) in [5.41, 5.74) is 8.99. The second-order valence-electron chi connectivity index (χ2n) is 4.38. The van der Waals surface area contributed by atoms with Gasteiger partial charge in [-0.2, -0.15) is 0 Å². The number of hydrogen-bond acceptors (Lipinski definition) is 3. The third kappa shape index (κ3) is 2.74. The lowest BCUT2D eigenvalue weighted by Gasteiger charge is -2.11. The first kappa shape index (κ1) is 11.4. The first-order valence-electron chi connectivity index (χ1n) is 5.77. The molecule has 1 saturated heterocycles. The van der Waals surface area contributed by atoms with Crippen LogP contribution in [0.1, 0.15) is 17.5 Å². The van der Waals surface area contributed by atoms with Crippen molar-refractivity contribution in [3.8, 4) is 0 Å². The van der Waals surface area contributed by atoms with Gasteiger partial charge < -0.3 is 15.2 Å². The molecule has 0 radical (unpaired) electrons. The molecule has 0 spiro atoms. The highest BCUT2D eigenvalue weighted by Crippen LogP contribution is 2.18. The molecule has 1 aromatic carbocycles. The number of rotatable bonds is 4. The Bertz CT molecular complexity index is 346. The molecule has 2 rings (SSSR count). The zero-order valence-corrected chi connectivity index (χ0v) is 9.74. The lowest BCUT2D eigenvalue weighted by Crippen LogP contribution is -2.09. The van der Waals surface area contributed by atoms with Crippen LogP contribution in [0.5, 0.6) is 0 Å². The fraction of sp³-hybridized carbons (Fsp3) is 0.538. The summed E-state index contributed by atoms with van der Waals surface area (Å²) in [5.74, 6) is 0.571. The third-order valence-electron chi connectivity index (χ3n) is 3.12. The van der Waals surface area contributed by atoms with Gasteiger partial charge in [0.2, 0.25) is 0 Å². The van der Waals surface area contributed by atoms with Crippen LogP contribution in [0.3, 0.4) is 0 Å². The molecule has 0 aromatic heterocycles.